The number of carbonyl (C=O) groups is 1. The van der Waals surface area contributed by atoms with Gasteiger partial charge in [-0.1, -0.05) is 29.8 Å². The highest BCUT2D eigenvalue weighted by molar-refractivity contribution is 6.30. The van der Waals surface area contributed by atoms with Crippen LogP contribution in [0.25, 0.3) is 23.5 Å². The molecular formula is C20H14ClF3N4O. The fraction of sp³-hybridized carbons (Fsp3) is 0.100. The van der Waals surface area contributed by atoms with Crippen LogP contribution in [0.2, 0.25) is 5.15 Å². The second-order valence-electron chi connectivity index (χ2n) is 6.00. The first-order valence-electron chi connectivity index (χ1n) is 8.35. The van der Waals surface area contributed by atoms with E-state index < -0.39 is 12.1 Å². The minimum absolute atomic E-state index is 0.0305. The average Bonchev–Trinajstić information content (AvgIpc) is 2.69. The summed E-state index contributed by atoms with van der Waals surface area (Å²) in [6.45, 7) is 1.76. The molecule has 29 heavy (non-hydrogen) atoms. The molecule has 9 heteroatoms. The number of amides is 1. The van der Waals surface area contributed by atoms with E-state index in [4.69, 9.17) is 11.6 Å². The maximum absolute atomic E-state index is 12.4. The monoisotopic (exact) mass is 418 g/mol. The summed E-state index contributed by atoms with van der Waals surface area (Å²) >= 11 is 6.22. The highest BCUT2D eigenvalue weighted by atomic mass is 35.5. The first kappa shape index (κ1) is 20.5. The number of hydrogen-bond acceptors (Lipinski definition) is 4. The number of pyridine rings is 1. The molecule has 3 aromatic rings. The number of aromatic nitrogens is 3. The van der Waals surface area contributed by atoms with Gasteiger partial charge in [-0.2, -0.15) is 13.2 Å². The molecule has 0 aliphatic carbocycles. The van der Waals surface area contributed by atoms with Crippen molar-refractivity contribution in [2.75, 3.05) is 5.32 Å². The van der Waals surface area contributed by atoms with E-state index in [9.17, 15) is 18.0 Å². The Kier molecular flexibility index (Phi) is 5.93. The summed E-state index contributed by atoms with van der Waals surface area (Å²) in [5, 5.41) is 2.10. The fourth-order valence-electron chi connectivity index (χ4n) is 2.39. The van der Waals surface area contributed by atoms with E-state index in [1.807, 2.05) is 5.32 Å². The van der Waals surface area contributed by atoms with Gasteiger partial charge in [-0.05, 0) is 42.8 Å². The lowest BCUT2D eigenvalue weighted by Crippen LogP contribution is -2.29. The molecule has 0 bridgehead atoms. The molecule has 0 fully saturated rings. The first-order chi connectivity index (χ1) is 13.7. The number of nitrogens with zero attached hydrogens (tertiary/aromatic N) is 3. The van der Waals surface area contributed by atoms with E-state index >= 15 is 0 Å². The lowest BCUT2D eigenvalue weighted by Gasteiger charge is -2.08. The molecule has 0 aliphatic heterocycles. The van der Waals surface area contributed by atoms with Crippen LogP contribution in [0.5, 0.6) is 0 Å². The van der Waals surface area contributed by atoms with Gasteiger partial charge in [0, 0.05) is 29.2 Å². The van der Waals surface area contributed by atoms with Gasteiger partial charge in [0.2, 0.25) is 0 Å². The third-order valence-corrected chi connectivity index (χ3v) is 4.25. The van der Waals surface area contributed by atoms with Crippen molar-refractivity contribution in [2.45, 2.75) is 13.1 Å². The zero-order chi connectivity index (χ0) is 21.0. The lowest BCUT2D eigenvalue weighted by molar-refractivity contribution is -0.167. The number of rotatable bonds is 4. The predicted octanol–water partition coefficient (Wildman–Crippen LogP) is 5.17. The minimum Gasteiger partial charge on any atom is -0.318 e. The highest BCUT2D eigenvalue weighted by Crippen LogP contribution is 2.24. The van der Waals surface area contributed by atoms with Crippen LogP contribution in [0.3, 0.4) is 0 Å². The van der Waals surface area contributed by atoms with Crippen molar-refractivity contribution in [3.8, 4) is 11.4 Å². The number of benzene rings is 1. The van der Waals surface area contributed by atoms with Crippen molar-refractivity contribution in [1.82, 2.24) is 15.0 Å². The standard InChI is InChI=1S/C20H14ClF3N4O/c1-12-16(27-18(28-17(12)21)14-5-3-9-25-11-14)8-7-13-4-2-6-15(10-13)26-19(29)20(22,23)24/h2-11H,1H3,(H,26,29). The Bertz CT molecular complexity index is 1070. The molecule has 0 spiro atoms. The van der Waals surface area contributed by atoms with Gasteiger partial charge in [-0.3, -0.25) is 9.78 Å². The van der Waals surface area contributed by atoms with E-state index in [0.717, 1.165) is 0 Å². The van der Waals surface area contributed by atoms with Crippen LogP contribution in [-0.4, -0.2) is 27.0 Å². The summed E-state index contributed by atoms with van der Waals surface area (Å²) < 4.78 is 37.2. The van der Waals surface area contributed by atoms with Crippen LogP contribution in [-0.2, 0) is 4.79 Å². The summed E-state index contributed by atoms with van der Waals surface area (Å²) in [5.41, 5.74) is 2.50. The molecule has 1 amide bonds. The zero-order valence-electron chi connectivity index (χ0n) is 15.0. The Morgan fingerprint density at radius 1 is 1.14 bits per heavy atom. The molecule has 5 nitrogen and oxygen atoms in total. The molecule has 1 aromatic carbocycles. The van der Waals surface area contributed by atoms with E-state index in [1.165, 1.54) is 18.2 Å². The first-order valence-corrected chi connectivity index (χ1v) is 8.72. The summed E-state index contributed by atoms with van der Waals surface area (Å²) in [4.78, 5) is 23.9. The molecular weight excluding hydrogens is 405 g/mol. The number of hydrogen-bond donors (Lipinski definition) is 1. The van der Waals surface area contributed by atoms with Gasteiger partial charge in [0.05, 0.1) is 5.69 Å². The maximum atomic E-state index is 12.4. The summed E-state index contributed by atoms with van der Waals surface area (Å²) in [6, 6.07) is 9.55. The molecule has 2 heterocycles. The topological polar surface area (TPSA) is 67.8 Å². The minimum atomic E-state index is -4.95. The second kappa shape index (κ2) is 8.40. The van der Waals surface area contributed by atoms with Crippen molar-refractivity contribution in [3.63, 3.8) is 0 Å². The molecule has 3 rings (SSSR count). The van der Waals surface area contributed by atoms with E-state index in [1.54, 1.807) is 49.7 Å². The van der Waals surface area contributed by atoms with E-state index in [-0.39, 0.29) is 10.8 Å². The van der Waals surface area contributed by atoms with Gasteiger partial charge in [-0.15, -0.1) is 0 Å². The van der Waals surface area contributed by atoms with Crippen LogP contribution in [0.1, 0.15) is 16.8 Å². The smallest absolute Gasteiger partial charge is 0.318 e. The van der Waals surface area contributed by atoms with Gasteiger partial charge in [0.1, 0.15) is 5.15 Å². The third-order valence-electron chi connectivity index (χ3n) is 3.88. The summed E-state index contributed by atoms with van der Waals surface area (Å²) in [5.74, 6) is -1.63. The maximum Gasteiger partial charge on any atom is 0.471 e. The zero-order valence-corrected chi connectivity index (χ0v) is 15.8. The molecule has 0 saturated carbocycles. The van der Waals surface area contributed by atoms with Crippen molar-refractivity contribution in [1.29, 1.82) is 0 Å². The number of anilines is 1. The highest BCUT2D eigenvalue weighted by Gasteiger charge is 2.38. The Morgan fingerprint density at radius 3 is 2.62 bits per heavy atom. The fourth-order valence-corrected chi connectivity index (χ4v) is 2.57. The van der Waals surface area contributed by atoms with Crippen LogP contribution in [0, 0.1) is 6.92 Å². The SMILES string of the molecule is Cc1c(Cl)nc(-c2cccnc2)nc1C=Cc1cccc(NC(=O)C(F)(F)F)c1. The second-order valence-corrected chi connectivity index (χ2v) is 6.36. The molecule has 2 aromatic heterocycles. The molecule has 0 atom stereocenters. The molecule has 148 valence electrons. The van der Waals surface area contributed by atoms with Gasteiger partial charge >= 0.3 is 12.1 Å². The van der Waals surface area contributed by atoms with Crippen molar-refractivity contribution in [3.05, 3.63) is 70.8 Å². The van der Waals surface area contributed by atoms with Crippen LogP contribution in [0.15, 0.2) is 48.8 Å². The van der Waals surface area contributed by atoms with Crippen molar-refractivity contribution >= 4 is 35.3 Å². The van der Waals surface area contributed by atoms with Crippen LogP contribution in [0.4, 0.5) is 18.9 Å². The molecule has 0 saturated heterocycles. The summed E-state index contributed by atoms with van der Waals surface area (Å²) in [6.07, 6.45) is 1.62. The Labute approximate surface area is 169 Å². The number of halogens is 4. The number of carbonyl (C=O) groups excluding carboxylic acids is 1. The average molecular weight is 419 g/mol. The lowest BCUT2D eigenvalue weighted by atomic mass is 10.1. The molecule has 0 aliphatic rings. The van der Waals surface area contributed by atoms with Gasteiger partial charge in [-0.25, -0.2) is 9.97 Å². The Balaban J connectivity index is 1.87. The quantitative estimate of drug-likeness (QED) is 0.593. The van der Waals surface area contributed by atoms with Gasteiger partial charge in [0.25, 0.3) is 0 Å². The molecule has 0 radical (unpaired) electrons. The normalized spacial score (nSPS) is 11.6. The predicted molar refractivity (Wildman–Crippen MR) is 105 cm³/mol. The van der Waals surface area contributed by atoms with Crippen LogP contribution >= 0.6 is 11.6 Å². The molecule has 0 unspecified atom stereocenters. The number of nitrogens with one attached hydrogen (secondary N) is 1. The largest absolute Gasteiger partial charge is 0.471 e. The Hall–Kier alpha value is -3.26. The van der Waals surface area contributed by atoms with Gasteiger partial charge < -0.3 is 5.32 Å². The van der Waals surface area contributed by atoms with Gasteiger partial charge in [0.15, 0.2) is 5.82 Å². The Morgan fingerprint density at radius 2 is 1.93 bits per heavy atom. The molecule has 1 N–H and O–H groups in total. The van der Waals surface area contributed by atoms with Crippen molar-refractivity contribution < 1.29 is 18.0 Å². The summed E-state index contributed by atoms with van der Waals surface area (Å²) in [7, 11) is 0. The van der Waals surface area contributed by atoms with E-state index in [0.29, 0.717) is 28.2 Å². The van der Waals surface area contributed by atoms with Crippen molar-refractivity contribution in [2.24, 2.45) is 0 Å². The third kappa shape index (κ3) is 5.17. The number of alkyl halides is 3. The van der Waals surface area contributed by atoms with Crippen LogP contribution < -0.4 is 5.32 Å². The van der Waals surface area contributed by atoms with E-state index in [2.05, 4.69) is 15.0 Å².